The molecule has 0 unspecified atom stereocenters. The van der Waals surface area contributed by atoms with E-state index in [1.165, 1.54) is 13.3 Å². The van der Waals surface area contributed by atoms with Crippen LogP contribution in [0.3, 0.4) is 0 Å². The Kier molecular flexibility index (Phi) is 5.57. The van der Waals surface area contributed by atoms with E-state index < -0.39 is 11.8 Å². The fraction of sp³-hybridized carbons (Fsp3) is 0.136. The van der Waals surface area contributed by atoms with E-state index in [1.807, 2.05) is 60.7 Å². The van der Waals surface area contributed by atoms with Crippen molar-refractivity contribution in [3.63, 3.8) is 0 Å². The molecular weight excluding hydrogens is 396 g/mol. The second kappa shape index (κ2) is 8.62. The smallest absolute Gasteiger partial charge is 0.287 e. The first-order valence-electron chi connectivity index (χ1n) is 9.58. The van der Waals surface area contributed by atoms with Gasteiger partial charge in [0.25, 0.3) is 5.95 Å². The number of nitrogens with zero attached hydrogens (tertiary/aromatic N) is 6. The van der Waals surface area contributed by atoms with Gasteiger partial charge in [0.2, 0.25) is 11.8 Å². The van der Waals surface area contributed by atoms with E-state index in [-0.39, 0.29) is 29.5 Å². The molecule has 0 saturated heterocycles. The fourth-order valence-electron chi connectivity index (χ4n) is 3.24. The maximum absolute atomic E-state index is 12.1. The minimum absolute atomic E-state index is 0.0647. The molecule has 31 heavy (non-hydrogen) atoms. The second-order valence-electron chi connectivity index (χ2n) is 6.91. The molecule has 2 aromatic heterocycles. The van der Waals surface area contributed by atoms with Gasteiger partial charge in [-0.2, -0.15) is 4.98 Å². The van der Waals surface area contributed by atoms with E-state index in [9.17, 15) is 15.0 Å². The largest absolute Gasteiger partial charge is 0.504 e. The van der Waals surface area contributed by atoms with Gasteiger partial charge < -0.3 is 10.2 Å². The molecular formula is C22H20N6O3. The number of hydrogen-bond donors (Lipinski definition) is 2. The number of carbonyl (C=O) groups is 1. The summed E-state index contributed by atoms with van der Waals surface area (Å²) in [5.41, 5.74) is 1.94. The quantitative estimate of drug-likeness (QED) is 0.457. The van der Waals surface area contributed by atoms with Gasteiger partial charge in [-0.05, 0) is 11.1 Å². The van der Waals surface area contributed by atoms with Gasteiger partial charge >= 0.3 is 0 Å². The van der Waals surface area contributed by atoms with Crippen LogP contribution in [0.4, 0.5) is 11.6 Å². The minimum Gasteiger partial charge on any atom is -0.504 e. The highest BCUT2D eigenvalue weighted by atomic mass is 16.3. The molecule has 0 aliphatic carbocycles. The Morgan fingerprint density at radius 2 is 1.61 bits per heavy atom. The zero-order valence-electron chi connectivity index (χ0n) is 16.8. The molecule has 2 aromatic carbocycles. The van der Waals surface area contributed by atoms with E-state index in [1.54, 1.807) is 4.68 Å². The molecule has 156 valence electrons. The van der Waals surface area contributed by atoms with Crippen molar-refractivity contribution in [3.05, 3.63) is 83.8 Å². The number of carbonyl (C=O) groups excluding carboxylic acids is 1. The van der Waals surface area contributed by atoms with Gasteiger partial charge in [-0.3, -0.25) is 4.79 Å². The molecule has 2 N–H and O–H groups in total. The zero-order chi connectivity index (χ0) is 21.8. The van der Waals surface area contributed by atoms with Crippen LogP contribution in [-0.2, 0) is 13.0 Å². The Labute approximate surface area is 178 Å². The molecule has 9 heteroatoms. The fourth-order valence-corrected chi connectivity index (χ4v) is 3.24. The van der Waals surface area contributed by atoms with E-state index in [0.29, 0.717) is 6.54 Å². The maximum Gasteiger partial charge on any atom is 0.287 e. The van der Waals surface area contributed by atoms with E-state index in [2.05, 4.69) is 20.3 Å². The van der Waals surface area contributed by atoms with Gasteiger partial charge in [0.15, 0.2) is 11.4 Å². The van der Waals surface area contributed by atoms with Gasteiger partial charge in [0.1, 0.15) is 6.33 Å². The van der Waals surface area contributed by atoms with Gasteiger partial charge in [-0.15, -0.1) is 15.3 Å². The zero-order valence-corrected chi connectivity index (χ0v) is 16.8. The van der Waals surface area contributed by atoms with Crippen LogP contribution < -0.4 is 0 Å². The molecule has 0 fully saturated rings. The highest BCUT2D eigenvalue weighted by Gasteiger charge is 2.25. The summed E-state index contributed by atoms with van der Waals surface area (Å²) in [6.45, 7) is 1.81. The summed E-state index contributed by atoms with van der Waals surface area (Å²) < 4.78 is 2.63. The van der Waals surface area contributed by atoms with Crippen LogP contribution in [-0.4, -0.2) is 35.5 Å². The van der Waals surface area contributed by atoms with Crippen molar-refractivity contribution in [3.8, 4) is 11.6 Å². The first-order valence-corrected chi connectivity index (χ1v) is 9.58. The average Bonchev–Trinajstić information content (AvgIpc) is 3.30. The van der Waals surface area contributed by atoms with Crippen molar-refractivity contribution in [2.24, 2.45) is 10.2 Å². The number of benzene rings is 2. The number of azo groups is 1. The molecule has 0 saturated carbocycles. The summed E-state index contributed by atoms with van der Waals surface area (Å²) in [6, 6.07) is 19.0. The second-order valence-corrected chi connectivity index (χ2v) is 6.91. The maximum atomic E-state index is 12.1. The Hall–Kier alpha value is -4.27. The third-order valence-corrected chi connectivity index (χ3v) is 4.67. The van der Waals surface area contributed by atoms with Crippen molar-refractivity contribution < 1.29 is 15.0 Å². The van der Waals surface area contributed by atoms with Crippen molar-refractivity contribution >= 4 is 17.5 Å². The van der Waals surface area contributed by atoms with Crippen molar-refractivity contribution in [2.45, 2.75) is 19.9 Å². The lowest BCUT2D eigenvalue weighted by atomic mass is 10.1. The SMILES string of the molecule is CC(=O)n1c(O)c(N=Nc2ncn(Cc3ccccc3)n2)c(O)c1Cc1ccccc1. The summed E-state index contributed by atoms with van der Waals surface area (Å²) >= 11 is 0. The monoisotopic (exact) mass is 416 g/mol. The normalized spacial score (nSPS) is 11.3. The number of aromatic hydroxyl groups is 2. The summed E-state index contributed by atoms with van der Waals surface area (Å²) in [5.74, 6) is -1.19. The van der Waals surface area contributed by atoms with Gasteiger partial charge in [-0.1, -0.05) is 60.7 Å². The van der Waals surface area contributed by atoms with Gasteiger partial charge in [-0.25, -0.2) is 9.25 Å². The first kappa shape index (κ1) is 20.0. The van der Waals surface area contributed by atoms with Gasteiger partial charge in [0.05, 0.1) is 12.2 Å². The number of rotatable bonds is 6. The minimum atomic E-state index is -0.483. The molecule has 0 aliphatic rings. The molecule has 4 aromatic rings. The van der Waals surface area contributed by atoms with Gasteiger partial charge in [0, 0.05) is 13.3 Å². The highest BCUT2D eigenvalue weighted by molar-refractivity contribution is 5.84. The predicted molar refractivity (Wildman–Crippen MR) is 113 cm³/mol. The standard InChI is InChI=1S/C22H20N6O3/c1-15(29)28-18(12-16-8-4-2-5-9-16)20(30)19(21(28)31)24-25-22-23-14-27(26-22)13-17-10-6-3-7-11-17/h2-11,14,30-31H,12-13H2,1H3. The molecule has 0 amide bonds. The lowest BCUT2D eigenvalue weighted by Crippen LogP contribution is -2.09. The van der Waals surface area contributed by atoms with E-state index in [0.717, 1.165) is 15.7 Å². The Morgan fingerprint density at radius 1 is 0.968 bits per heavy atom. The molecule has 0 aliphatic heterocycles. The summed E-state index contributed by atoms with van der Waals surface area (Å²) in [5, 5.41) is 33.2. The van der Waals surface area contributed by atoms with Crippen LogP contribution in [0.2, 0.25) is 0 Å². The Bertz CT molecular complexity index is 1230. The van der Waals surface area contributed by atoms with Crippen molar-refractivity contribution in [1.82, 2.24) is 19.3 Å². The first-order chi connectivity index (χ1) is 15.0. The Morgan fingerprint density at radius 3 is 2.26 bits per heavy atom. The molecule has 2 heterocycles. The van der Waals surface area contributed by atoms with E-state index >= 15 is 0 Å². The molecule has 9 nitrogen and oxygen atoms in total. The lowest BCUT2D eigenvalue weighted by Gasteiger charge is -2.06. The van der Waals surface area contributed by atoms with Crippen LogP contribution in [0.15, 0.2) is 77.2 Å². The van der Waals surface area contributed by atoms with Crippen LogP contribution in [0.1, 0.15) is 28.5 Å². The highest BCUT2D eigenvalue weighted by Crippen LogP contribution is 2.43. The van der Waals surface area contributed by atoms with Crippen molar-refractivity contribution in [1.29, 1.82) is 0 Å². The predicted octanol–water partition coefficient (Wildman–Crippen LogP) is 4.21. The van der Waals surface area contributed by atoms with E-state index in [4.69, 9.17) is 0 Å². The summed E-state index contributed by atoms with van der Waals surface area (Å²) in [6.07, 6.45) is 1.75. The van der Waals surface area contributed by atoms with Crippen LogP contribution in [0.5, 0.6) is 11.6 Å². The number of aromatic nitrogens is 4. The topological polar surface area (TPSA) is 118 Å². The van der Waals surface area contributed by atoms with Crippen LogP contribution >= 0.6 is 0 Å². The lowest BCUT2D eigenvalue weighted by molar-refractivity contribution is 0.0924. The molecule has 0 atom stereocenters. The number of hydrogen-bond acceptors (Lipinski definition) is 7. The third kappa shape index (κ3) is 4.35. The summed E-state index contributed by atoms with van der Waals surface area (Å²) in [4.78, 5) is 16.2. The Balaban J connectivity index is 1.60. The molecule has 0 radical (unpaired) electrons. The third-order valence-electron chi connectivity index (χ3n) is 4.67. The molecule has 0 spiro atoms. The van der Waals surface area contributed by atoms with Crippen molar-refractivity contribution in [2.75, 3.05) is 0 Å². The molecule has 4 rings (SSSR count). The van der Waals surface area contributed by atoms with Crippen LogP contribution in [0.25, 0.3) is 0 Å². The molecule has 0 bridgehead atoms. The average molecular weight is 416 g/mol. The summed E-state index contributed by atoms with van der Waals surface area (Å²) in [7, 11) is 0. The van der Waals surface area contributed by atoms with Crippen LogP contribution in [0, 0.1) is 0 Å².